The van der Waals surface area contributed by atoms with Crippen molar-refractivity contribution >= 4 is 35.5 Å². The number of ether oxygens (including phenoxy) is 2. The van der Waals surface area contributed by atoms with E-state index in [1.165, 1.54) is 24.0 Å². The van der Waals surface area contributed by atoms with E-state index in [1.807, 2.05) is 27.7 Å². The number of esters is 2. The molecule has 6 heteroatoms. The smallest absolute Gasteiger partial charge is 0.311 e. The fourth-order valence-corrected chi connectivity index (χ4v) is 4.59. The van der Waals surface area contributed by atoms with Gasteiger partial charge in [0, 0.05) is 9.79 Å². The summed E-state index contributed by atoms with van der Waals surface area (Å²) in [6.07, 6.45) is 1.53. The zero-order valence-corrected chi connectivity index (χ0v) is 18.2. The van der Waals surface area contributed by atoms with Gasteiger partial charge >= 0.3 is 11.9 Å². The largest absolute Gasteiger partial charge is 0.469 e. The van der Waals surface area contributed by atoms with Crippen molar-refractivity contribution < 1.29 is 19.1 Å². The van der Waals surface area contributed by atoms with Crippen molar-refractivity contribution in [1.29, 1.82) is 0 Å². The summed E-state index contributed by atoms with van der Waals surface area (Å²) in [4.78, 5) is 25.7. The minimum atomic E-state index is -0.454. The lowest BCUT2D eigenvalue weighted by atomic mass is 9.90. The molecule has 0 N–H and O–H groups in total. The average molecular weight is 399 g/mol. The number of carbonyl (C=O) groups is 2. The Balaban J connectivity index is 2.42. The number of methoxy groups -OCH3 is 2. The van der Waals surface area contributed by atoms with E-state index in [-0.39, 0.29) is 11.9 Å². The lowest BCUT2D eigenvalue weighted by Crippen LogP contribution is -2.26. The molecule has 0 radical (unpaired) electrons. The van der Waals surface area contributed by atoms with E-state index < -0.39 is 10.8 Å². The maximum atomic E-state index is 11.7. The lowest BCUT2D eigenvalue weighted by Gasteiger charge is -2.21. The number of carbonyl (C=O) groups excluding carboxylic acids is 2. The van der Waals surface area contributed by atoms with Gasteiger partial charge in [-0.15, -0.1) is 23.5 Å². The summed E-state index contributed by atoms with van der Waals surface area (Å²) in [7, 11) is 2.86. The Morgan fingerprint density at radius 1 is 0.769 bits per heavy atom. The molecular formula is C20H30O4S2. The van der Waals surface area contributed by atoms with Crippen LogP contribution < -0.4 is 0 Å². The van der Waals surface area contributed by atoms with Gasteiger partial charge in [-0.05, 0) is 76.3 Å². The fourth-order valence-electron chi connectivity index (χ4n) is 2.24. The van der Waals surface area contributed by atoms with Crippen LogP contribution in [0.25, 0.3) is 0 Å². The normalized spacial score (nSPS) is 11.9. The van der Waals surface area contributed by atoms with Crippen LogP contribution in [0.3, 0.4) is 0 Å². The molecule has 1 rings (SSSR count). The third-order valence-corrected chi connectivity index (χ3v) is 6.32. The minimum Gasteiger partial charge on any atom is -0.469 e. The molecule has 0 saturated carbocycles. The van der Waals surface area contributed by atoms with Crippen molar-refractivity contribution in [3.05, 3.63) is 24.3 Å². The summed E-state index contributed by atoms with van der Waals surface area (Å²) in [6.45, 7) is 7.65. The SMILES string of the molecule is COC(=O)C(C)(C)CCSc1ccc(SCCC(C)(C)C(=O)OC)cc1. The Morgan fingerprint density at radius 2 is 1.08 bits per heavy atom. The van der Waals surface area contributed by atoms with Crippen LogP contribution in [0.15, 0.2) is 34.1 Å². The molecule has 0 fully saturated rings. The molecule has 26 heavy (non-hydrogen) atoms. The van der Waals surface area contributed by atoms with E-state index in [4.69, 9.17) is 9.47 Å². The van der Waals surface area contributed by atoms with Crippen LogP contribution in [-0.4, -0.2) is 37.7 Å². The molecule has 0 atom stereocenters. The van der Waals surface area contributed by atoms with Gasteiger partial charge in [-0.2, -0.15) is 0 Å². The van der Waals surface area contributed by atoms with Gasteiger partial charge in [0.2, 0.25) is 0 Å². The molecule has 0 spiro atoms. The van der Waals surface area contributed by atoms with Crippen LogP contribution in [0.1, 0.15) is 40.5 Å². The molecule has 1 aromatic rings. The van der Waals surface area contributed by atoms with Crippen LogP contribution in [-0.2, 0) is 19.1 Å². The molecule has 0 aliphatic carbocycles. The van der Waals surface area contributed by atoms with Gasteiger partial charge in [-0.3, -0.25) is 9.59 Å². The predicted octanol–water partition coefficient (Wildman–Crippen LogP) is 5.05. The summed E-state index contributed by atoms with van der Waals surface area (Å²) < 4.78 is 9.67. The Kier molecular flexibility index (Phi) is 9.04. The van der Waals surface area contributed by atoms with Crippen molar-refractivity contribution in [2.24, 2.45) is 10.8 Å². The second-order valence-electron chi connectivity index (χ2n) is 7.42. The molecule has 0 aliphatic rings. The second-order valence-corrected chi connectivity index (χ2v) is 9.76. The maximum absolute atomic E-state index is 11.7. The first-order chi connectivity index (χ1) is 12.1. The van der Waals surface area contributed by atoms with E-state index in [0.29, 0.717) is 0 Å². The van der Waals surface area contributed by atoms with Crippen LogP contribution in [0.2, 0.25) is 0 Å². The number of benzene rings is 1. The van der Waals surface area contributed by atoms with Crippen LogP contribution >= 0.6 is 23.5 Å². The summed E-state index contributed by atoms with van der Waals surface area (Å²) in [5.41, 5.74) is -0.909. The zero-order valence-electron chi connectivity index (χ0n) is 16.6. The molecule has 4 nitrogen and oxygen atoms in total. The first kappa shape index (κ1) is 22.9. The van der Waals surface area contributed by atoms with E-state index >= 15 is 0 Å². The van der Waals surface area contributed by atoms with Crippen molar-refractivity contribution in [2.75, 3.05) is 25.7 Å². The molecule has 0 heterocycles. The molecule has 0 saturated heterocycles. The molecule has 0 bridgehead atoms. The number of rotatable bonds is 10. The van der Waals surface area contributed by atoms with Crippen molar-refractivity contribution in [3.8, 4) is 0 Å². The van der Waals surface area contributed by atoms with Gasteiger partial charge in [0.05, 0.1) is 25.0 Å². The Morgan fingerprint density at radius 3 is 1.35 bits per heavy atom. The molecule has 1 aromatic carbocycles. The molecular weight excluding hydrogens is 368 g/mol. The third kappa shape index (κ3) is 7.23. The van der Waals surface area contributed by atoms with E-state index in [2.05, 4.69) is 24.3 Å². The first-order valence-corrected chi connectivity index (χ1v) is 10.6. The highest BCUT2D eigenvalue weighted by atomic mass is 32.2. The van der Waals surface area contributed by atoms with E-state index in [1.54, 1.807) is 23.5 Å². The molecule has 0 aliphatic heterocycles. The third-order valence-electron chi connectivity index (χ3n) is 4.29. The highest BCUT2D eigenvalue weighted by Gasteiger charge is 2.28. The summed E-state index contributed by atoms with van der Waals surface area (Å²) in [5, 5.41) is 0. The second kappa shape index (κ2) is 10.3. The fraction of sp³-hybridized carbons (Fsp3) is 0.600. The number of thioether (sulfide) groups is 2. The average Bonchev–Trinajstić information content (AvgIpc) is 2.61. The maximum Gasteiger partial charge on any atom is 0.311 e. The quantitative estimate of drug-likeness (QED) is 0.406. The van der Waals surface area contributed by atoms with Gasteiger partial charge in [0.15, 0.2) is 0 Å². The topological polar surface area (TPSA) is 52.6 Å². The Bertz CT molecular complexity index is 541. The zero-order chi connectivity index (χ0) is 19.8. The summed E-state index contributed by atoms with van der Waals surface area (Å²) >= 11 is 3.48. The van der Waals surface area contributed by atoms with Gasteiger partial charge < -0.3 is 9.47 Å². The van der Waals surface area contributed by atoms with E-state index in [9.17, 15) is 9.59 Å². The number of hydrogen-bond acceptors (Lipinski definition) is 6. The molecule has 0 unspecified atom stereocenters. The van der Waals surface area contributed by atoms with Gasteiger partial charge in [-0.1, -0.05) is 0 Å². The van der Waals surface area contributed by atoms with Crippen LogP contribution in [0, 0.1) is 10.8 Å². The summed E-state index contributed by atoms with van der Waals surface area (Å²) in [6, 6.07) is 8.40. The molecule has 0 amide bonds. The van der Waals surface area contributed by atoms with Gasteiger partial charge in [-0.25, -0.2) is 0 Å². The van der Waals surface area contributed by atoms with Gasteiger partial charge in [0.25, 0.3) is 0 Å². The highest BCUT2D eigenvalue weighted by Crippen LogP contribution is 2.31. The highest BCUT2D eigenvalue weighted by molar-refractivity contribution is 7.99. The van der Waals surface area contributed by atoms with Crippen LogP contribution in [0.5, 0.6) is 0 Å². The van der Waals surface area contributed by atoms with Crippen molar-refractivity contribution in [1.82, 2.24) is 0 Å². The monoisotopic (exact) mass is 398 g/mol. The Hall–Kier alpha value is -1.14. The van der Waals surface area contributed by atoms with E-state index in [0.717, 1.165) is 24.3 Å². The predicted molar refractivity (Wildman–Crippen MR) is 109 cm³/mol. The standard InChI is InChI=1S/C20H30O4S2/c1-19(2,17(21)23-5)11-13-25-15-7-9-16(10-8-15)26-14-12-20(3,4)18(22)24-6/h7-10H,11-14H2,1-6H3. The molecule has 0 aromatic heterocycles. The lowest BCUT2D eigenvalue weighted by molar-refractivity contribution is -0.151. The van der Waals surface area contributed by atoms with Crippen molar-refractivity contribution in [3.63, 3.8) is 0 Å². The first-order valence-electron chi connectivity index (χ1n) is 8.65. The summed E-state index contributed by atoms with van der Waals surface area (Å²) in [5.74, 6) is 1.39. The van der Waals surface area contributed by atoms with Crippen LogP contribution in [0.4, 0.5) is 0 Å². The minimum absolute atomic E-state index is 0.167. The molecule has 146 valence electrons. The number of hydrogen-bond donors (Lipinski definition) is 0. The van der Waals surface area contributed by atoms with Gasteiger partial charge in [0.1, 0.15) is 0 Å². The van der Waals surface area contributed by atoms with Crippen molar-refractivity contribution in [2.45, 2.75) is 50.3 Å². The Labute approximate surface area is 165 Å².